The van der Waals surface area contributed by atoms with Crippen LogP contribution in [0.2, 0.25) is 5.02 Å². The zero-order valence-electron chi connectivity index (χ0n) is 13.0. The van der Waals surface area contributed by atoms with E-state index >= 15 is 0 Å². The quantitative estimate of drug-likeness (QED) is 0.809. The minimum absolute atomic E-state index is 0.184. The summed E-state index contributed by atoms with van der Waals surface area (Å²) in [5.74, 6) is 1.03. The molecule has 1 aromatic rings. The molecule has 22 heavy (non-hydrogen) atoms. The highest BCUT2D eigenvalue weighted by atomic mass is 35.5. The number of aliphatic imine (C=N–C) groups is 1. The normalized spacial score (nSPS) is 15.5. The summed E-state index contributed by atoms with van der Waals surface area (Å²) in [5, 5.41) is 3.26. The van der Waals surface area contributed by atoms with Crippen molar-refractivity contribution < 1.29 is 9.53 Å². The number of likely N-dealkylation sites (N-methyl/N-ethyl adjacent to an activating group) is 1. The van der Waals surface area contributed by atoms with E-state index in [1.807, 2.05) is 6.92 Å². The van der Waals surface area contributed by atoms with E-state index in [4.69, 9.17) is 22.1 Å². The maximum Gasteiger partial charge on any atom is 0.255 e. The number of halogens is 1. The van der Waals surface area contributed by atoms with Gasteiger partial charge in [0, 0.05) is 19.2 Å². The molecule has 1 heterocycles. The van der Waals surface area contributed by atoms with Crippen molar-refractivity contribution >= 4 is 29.0 Å². The van der Waals surface area contributed by atoms with Crippen LogP contribution in [0.3, 0.4) is 0 Å². The van der Waals surface area contributed by atoms with E-state index in [1.54, 1.807) is 6.07 Å². The van der Waals surface area contributed by atoms with E-state index < -0.39 is 0 Å². The van der Waals surface area contributed by atoms with Gasteiger partial charge in [0.05, 0.1) is 36.0 Å². The molecule has 1 unspecified atom stereocenters. The Hall–Kier alpha value is -1.95. The lowest BCUT2D eigenvalue weighted by atomic mass is 10.1. The third-order valence-corrected chi connectivity index (χ3v) is 3.98. The van der Waals surface area contributed by atoms with Crippen molar-refractivity contribution in [1.29, 1.82) is 0 Å². The van der Waals surface area contributed by atoms with Gasteiger partial charge in [-0.15, -0.1) is 0 Å². The summed E-state index contributed by atoms with van der Waals surface area (Å²) in [4.78, 5) is 19.1. The standard InChI is InChI=1S/C15H21ClN4O2/c1-4-20-6-5-18-14(20)9(2)19-15(21)10-7-11(16)12(17)8-13(10)22-3/h7-9H,4-6,17H2,1-3H3,(H,19,21). The summed E-state index contributed by atoms with van der Waals surface area (Å²) in [7, 11) is 1.49. The summed E-state index contributed by atoms with van der Waals surface area (Å²) < 4.78 is 5.21. The van der Waals surface area contributed by atoms with Crippen molar-refractivity contribution in [3.8, 4) is 5.75 Å². The van der Waals surface area contributed by atoms with E-state index in [0.717, 1.165) is 25.5 Å². The fourth-order valence-corrected chi connectivity index (χ4v) is 2.65. The van der Waals surface area contributed by atoms with Gasteiger partial charge in [0.25, 0.3) is 5.91 Å². The molecule has 1 aromatic carbocycles. The number of ether oxygens (including phenoxy) is 1. The molecule has 1 amide bonds. The van der Waals surface area contributed by atoms with Crippen LogP contribution in [-0.4, -0.2) is 49.4 Å². The van der Waals surface area contributed by atoms with Crippen LogP contribution in [0, 0.1) is 0 Å². The summed E-state index contributed by atoms with van der Waals surface area (Å²) in [6.45, 7) is 6.51. The molecule has 0 spiro atoms. The monoisotopic (exact) mass is 324 g/mol. The third kappa shape index (κ3) is 3.27. The molecular weight excluding hydrogens is 304 g/mol. The molecule has 0 aromatic heterocycles. The number of hydrogen-bond donors (Lipinski definition) is 2. The highest BCUT2D eigenvalue weighted by Gasteiger charge is 2.24. The van der Waals surface area contributed by atoms with Crippen LogP contribution in [-0.2, 0) is 0 Å². The van der Waals surface area contributed by atoms with E-state index in [2.05, 4.69) is 22.1 Å². The second kappa shape index (κ2) is 6.87. The first-order valence-corrected chi connectivity index (χ1v) is 7.58. The van der Waals surface area contributed by atoms with E-state index in [9.17, 15) is 4.79 Å². The van der Waals surface area contributed by atoms with Gasteiger partial charge >= 0.3 is 0 Å². The summed E-state index contributed by atoms with van der Waals surface area (Å²) in [6.07, 6.45) is 0. The molecule has 0 bridgehead atoms. The van der Waals surface area contributed by atoms with Crippen molar-refractivity contribution in [2.24, 2.45) is 4.99 Å². The fourth-order valence-electron chi connectivity index (χ4n) is 2.49. The Bertz CT molecular complexity index is 603. The molecule has 120 valence electrons. The largest absolute Gasteiger partial charge is 0.496 e. The highest BCUT2D eigenvalue weighted by molar-refractivity contribution is 6.33. The van der Waals surface area contributed by atoms with Gasteiger partial charge in [-0.05, 0) is 19.9 Å². The fraction of sp³-hybridized carbons (Fsp3) is 0.467. The second-order valence-electron chi connectivity index (χ2n) is 5.09. The van der Waals surface area contributed by atoms with Crippen molar-refractivity contribution in [2.45, 2.75) is 19.9 Å². The first kappa shape index (κ1) is 16.4. The number of nitrogen functional groups attached to an aromatic ring is 1. The Labute approximate surface area is 135 Å². The molecule has 0 aliphatic carbocycles. The molecule has 1 aliphatic rings. The van der Waals surface area contributed by atoms with Gasteiger partial charge in [0.2, 0.25) is 0 Å². The van der Waals surface area contributed by atoms with Gasteiger partial charge in [0.1, 0.15) is 11.6 Å². The highest BCUT2D eigenvalue weighted by Crippen LogP contribution is 2.28. The number of methoxy groups -OCH3 is 1. The number of hydrogen-bond acceptors (Lipinski definition) is 5. The summed E-state index contributed by atoms with van der Waals surface area (Å²) in [6, 6.07) is 2.88. The van der Waals surface area contributed by atoms with Gasteiger partial charge in [0.15, 0.2) is 0 Å². The zero-order valence-corrected chi connectivity index (χ0v) is 13.8. The Morgan fingerprint density at radius 2 is 2.32 bits per heavy atom. The lowest BCUT2D eigenvalue weighted by Crippen LogP contribution is -2.45. The van der Waals surface area contributed by atoms with Crippen LogP contribution < -0.4 is 15.8 Å². The van der Waals surface area contributed by atoms with Crippen molar-refractivity contribution in [2.75, 3.05) is 32.5 Å². The molecule has 6 nitrogen and oxygen atoms in total. The number of carbonyl (C=O) groups excluding carboxylic acids is 1. The summed E-state index contributed by atoms with van der Waals surface area (Å²) >= 11 is 6.00. The van der Waals surface area contributed by atoms with E-state index in [1.165, 1.54) is 13.2 Å². The molecular formula is C15H21ClN4O2. The molecule has 2 rings (SSSR count). The molecule has 0 saturated carbocycles. The summed E-state index contributed by atoms with van der Waals surface area (Å²) in [5.41, 5.74) is 6.46. The Balaban J connectivity index is 2.17. The number of benzene rings is 1. The van der Waals surface area contributed by atoms with E-state index in [-0.39, 0.29) is 11.9 Å². The predicted molar refractivity (Wildman–Crippen MR) is 88.9 cm³/mol. The van der Waals surface area contributed by atoms with Gasteiger partial charge in [-0.1, -0.05) is 11.6 Å². The minimum Gasteiger partial charge on any atom is -0.496 e. The van der Waals surface area contributed by atoms with Gasteiger partial charge in [-0.25, -0.2) is 0 Å². The van der Waals surface area contributed by atoms with Gasteiger partial charge in [-0.3, -0.25) is 9.79 Å². The topological polar surface area (TPSA) is 80.0 Å². The molecule has 0 saturated heterocycles. The zero-order chi connectivity index (χ0) is 16.3. The third-order valence-electron chi connectivity index (χ3n) is 3.65. The predicted octanol–water partition coefficient (Wildman–Crippen LogP) is 1.78. The van der Waals surface area contributed by atoms with Gasteiger partial charge in [-0.2, -0.15) is 0 Å². The van der Waals surface area contributed by atoms with Crippen molar-refractivity contribution in [1.82, 2.24) is 10.2 Å². The number of anilines is 1. The van der Waals surface area contributed by atoms with E-state index in [0.29, 0.717) is 22.0 Å². The van der Waals surface area contributed by atoms with Crippen LogP contribution in [0.5, 0.6) is 5.75 Å². The van der Waals surface area contributed by atoms with Crippen LogP contribution in [0.15, 0.2) is 17.1 Å². The molecule has 1 aliphatic heterocycles. The molecule has 3 N–H and O–H groups in total. The number of nitrogens with zero attached hydrogens (tertiary/aromatic N) is 2. The van der Waals surface area contributed by atoms with Crippen LogP contribution in [0.25, 0.3) is 0 Å². The first-order chi connectivity index (χ1) is 10.5. The molecule has 7 heteroatoms. The minimum atomic E-state index is -0.267. The number of carbonyl (C=O) groups is 1. The number of nitrogens with two attached hydrogens (primary N) is 1. The number of amidine groups is 1. The number of nitrogens with one attached hydrogen (secondary N) is 1. The average molecular weight is 325 g/mol. The number of rotatable bonds is 5. The van der Waals surface area contributed by atoms with Crippen LogP contribution in [0.1, 0.15) is 24.2 Å². The maximum absolute atomic E-state index is 12.5. The lowest BCUT2D eigenvalue weighted by molar-refractivity contribution is 0.0945. The van der Waals surface area contributed by atoms with Crippen LogP contribution in [0.4, 0.5) is 5.69 Å². The van der Waals surface area contributed by atoms with Crippen LogP contribution >= 0.6 is 11.6 Å². The Kier molecular flexibility index (Phi) is 5.13. The lowest BCUT2D eigenvalue weighted by Gasteiger charge is -2.24. The average Bonchev–Trinajstić information content (AvgIpc) is 2.97. The second-order valence-corrected chi connectivity index (χ2v) is 5.50. The molecule has 0 radical (unpaired) electrons. The Morgan fingerprint density at radius 3 is 2.95 bits per heavy atom. The van der Waals surface area contributed by atoms with Gasteiger partial charge < -0.3 is 20.7 Å². The molecule has 1 atom stereocenters. The maximum atomic E-state index is 12.5. The first-order valence-electron chi connectivity index (χ1n) is 7.21. The molecule has 0 fully saturated rings. The SMILES string of the molecule is CCN1CCN=C1C(C)NC(=O)c1cc(Cl)c(N)cc1OC. The Morgan fingerprint density at radius 1 is 1.59 bits per heavy atom. The van der Waals surface area contributed by atoms with Crippen molar-refractivity contribution in [3.63, 3.8) is 0 Å². The smallest absolute Gasteiger partial charge is 0.255 e. The number of amides is 1. The van der Waals surface area contributed by atoms with Crippen molar-refractivity contribution in [3.05, 3.63) is 22.7 Å².